The monoisotopic (exact) mass is 837 g/mol. The van der Waals surface area contributed by atoms with E-state index >= 15 is 0 Å². The van der Waals surface area contributed by atoms with Crippen molar-refractivity contribution < 1.29 is 52.9 Å². The molecule has 58 heavy (non-hydrogen) atoms. The zero-order chi connectivity index (χ0) is 42.8. The standard InChI is InChI=1S/C46H77O11P/c1-3-4-5-6-7-8-9-10-11-12-15-19-22-25-28-31-34-37-46(51)57-44(41-56-58(52,53)55-39-43(49)38-47)40-54-45(50)36-33-30-27-24-21-18-16-13-14-17-20-23-26-29-32-35-42(2)48/h7-8,10-11,14-19,23-24,26-27,42-44,47-49H,3-6,9,12-13,20-22,25,28-41H2,1-2H3,(H,52,53)/b8-7-,11-10-,17-14-,18-16-,19-15-,26-23-,27-24-/t42-,43+,44-/m1/s1. The van der Waals surface area contributed by atoms with Crippen molar-refractivity contribution in [3.63, 3.8) is 0 Å². The molecule has 1 unspecified atom stereocenters. The molecule has 0 saturated heterocycles. The number of unbranched alkanes of at least 4 members (excludes halogenated alkanes) is 9. The average molecular weight is 837 g/mol. The van der Waals surface area contributed by atoms with Gasteiger partial charge in [-0.25, -0.2) is 4.57 Å². The minimum absolute atomic E-state index is 0.136. The number of carbonyl (C=O) groups excluding carboxylic acids is 2. The molecular formula is C46H77O11P. The van der Waals surface area contributed by atoms with E-state index in [1.54, 1.807) is 0 Å². The molecule has 0 aliphatic rings. The molecular weight excluding hydrogens is 759 g/mol. The third-order valence-electron chi connectivity index (χ3n) is 8.54. The lowest BCUT2D eigenvalue weighted by Gasteiger charge is -2.20. The highest BCUT2D eigenvalue weighted by atomic mass is 31.2. The van der Waals surface area contributed by atoms with E-state index in [2.05, 4.69) is 84.4 Å². The van der Waals surface area contributed by atoms with Gasteiger partial charge in [0.1, 0.15) is 12.7 Å². The van der Waals surface area contributed by atoms with E-state index in [-0.39, 0.29) is 25.6 Å². The molecule has 0 bridgehead atoms. The van der Waals surface area contributed by atoms with Gasteiger partial charge in [0.25, 0.3) is 0 Å². The van der Waals surface area contributed by atoms with Crippen molar-refractivity contribution in [3.8, 4) is 0 Å². The number of aliphatic hydroxyl groups is 3. The van der Waals surface area contributed by atoms with E-state index in [0.29, 0.717) is 19.3 Å². The van der Waals surface area contributed by atoms with Crippen molar-refractivity contribution in [2.45, 2.75) is 167 Å². The highest BCUT2D eigenvalue weighted by molar-refractivity contribution is 7.47. The Kier molecular flexibility index (Phi) is 38.8. The number of carbonyl (C=O) groups is 2. The summed E-state index contributed by atoms with van der Waals surface area (Å²) in [5.74, 6) is -1.04. The summed E-state index contributed by atoms with van der Waals surface area (Å²) in [6.07, 6.45) is 45.4. The van der Waals surface area contributed by atoms with Gasteiger partial charge >= 0.3 is 19.8 Å². The van der Waals surface area contributed by atoms with Crippen LogP contribution in [0.2, 0.25) is 0 Å². The number of hydrogen-bond donors (Lipinski definition) is 4. The van der Waals surface area contributed by atoms with Crippen LogP contribution in [-0.2, 0) is 32.7 Å². The van der Waals surface area contributed by atoms with Gasteiger partial charge in [-0.1, -0.05) is 118 Å². The van der Waals surface area contributed by atoms with E-state index < -0.39 is 51.8 Å². The van der Waals surface area contributed by atoms with Gasteiger partial charge < -0.3 is 29.7 Å². The van der Waals surface area contributed by atoms with Gasteiger partial charge in [-0.2, -0.15) is 0 Å². The molecule has 4 N–H and O–H groups in total. The number of hydrogen-bond acceptors (Lipinski definition) is 10. The molecule has 0 amide bonds. The topological polar surface area (TPSA) is 169 Å². The molecule has 0 aliphatic heterocycles. The van der Waals surface area contributed by atoms with Gasteiger partial charge in [-0.3, -0.25) is 18.6 Å². The zero-order valence-corrected chi connectivity index (χ0v) is 36.5. The summed E-state index contributed by atoms with van der Waals surface area (Å²) in [5, 5.41) is 27.6. The molecule has 0 aliphatic carbocycles. The van der Waals surface area contributed by atoms with E-state index in [9.17, 15) is 29.3 Å². The molecule has 0 aromatic rings. The fourth-order valence-corrected chi connectivity index (χ4v) is 5.98. The average Bonchev–Trinajstić information content (AvgIpc) is 3.20. The van der Waals surface area contributed by atoms with Crippen LogP contribution in [0.1, 0.15) is 149 Å². The molecule has 12 heteroatoms. The van der Waals surface area contributed by atoms with Crippen molar-refractivity contribution in [3.05, 3.63) is 85.1 Å². The summed E-state index contributed by atoms with van der Waals surface area (Å²) in [7, 11) is -4.65. The third-order valence-corrected chi connectivity index (χ3v) is 9.49. The Bertz CT molecular complexity index is 1250. The minimum atomic E-state index is -4.65. The molecule has 0 radical (unpaired) electrons. The predicted molar refractivity (Wildman–Crippen MR) is 234 cm³/mol. The first kappa shape index (κ1) is 55.1. The first-order valence-corrected chi connectivity index (χ1v) is 23.1. The normalized spacial score (nSPS) is 15.2. The Balaban J connectivity index is 4.46. The van der Waals surface area contributed by atoms with E-state index in [0.717, 1.165) is 83.5 Å². The highest BCUT2D eigenvalue weighted by Gasteiger charge is 2.27. The van der Waals surface area contributed by atoms with E-state index in [1.807, 2.05) is 19.1 Å². The Hall–Kier alpha value is -2.89. The van der Waals surface area contributed by atoms with Crippen LogP contribution in [-0.4, -0.2) is 76.9 Å². The van der Waals surface area contributed by atoms with Crippen LogP contribution in [0.5, 0.6) is 0 Å². The van der Waals surface area contributed by atoms with E-state index in [1.165, 1.54) is 19.3 Å². The molecule has 4 atom stereocenters. The number of aliphatic hydroxyl groups excluding tert-OH is 3. The second kappa shape index (κ2) is 40.9. The summed E-state index contributed by atoms with van der Waals surface area (Å²) in [6.45, 7) is 1.78. The van der Waals surface area contributed by atoms with Gasteiger partial charge in [-0.05, 0) is 103 Å². The molecule has 332 valence electrons. The largest absolute Gasteiger partial charge is 0.472 e. The maximum Gasteiger partial charge on any atom is 0.472 e. The molecule has 0 fully saturated rings. The molecule has 0 aromatic carbocycles. The van der Waals surface area contributed by atoms with Crippen molar-refractivity contribution in [2.24, 2.45) is 0 Å². The first-order valence-electron chi connectivity index (χ1n) is 21.6. The SMILES string of the molecule is CCCCC/C=C\C/C=C\C/C=C\CCCCCCC(=O)O[C@H](COC(=O)CCC/C=C\C/C=C\C/C=C\C/C=C\CCC[C@@H](C)O)COP(=O)(O)OC[C@@H](O)CO. The van der Waals surface area contributed by atoms with Gasteiger partial charge in [-0.15, -0.1) is 0 Å². The van der Waals surface area contributed by atoms with Crippen molar-refractivity contribution in [2.75, 3.05) is 26.4 Å². The van der Waals surface area contributed by atoms with Gasteiger partial charge in [0.15, 0.2) is 6.10 Å². The van der Waals surface area contributed by atoms with Gasteiger partial charge in [0.2, 0.25) is 0 Å². The van der Waals surface area contributed by atoms with Gasteiger partial charge in [0.05, 0.1) is 25.9 Å². The summed E-state index contributed by atoms with van der Waals surface area (Å²) in [5.41, 5.74) is 0. The Labute approximate surface area is 350 Å². The molecule has 11 nitrogen and oxygen atoms in total. The van der Waals surface area contributed by atoms with Crippen molar-refractivity contribution in [1.29, 1.82) is 0 Å². The molecule has 0 rings (SSSR count). The molecule has 0 heterocycles. The first-order chi connectivity index (χ1) is 28.1. The number of esters is 2. The molecule has 0 saturated carbocycles. The minimum Gasteiger partial charge on any atom is -0.462 e. The van der Waals surface area contributed by atoms with Crippen LogP contribution < -0.4 is 0 Å². The van der Waals surface area contributed by atoms with Crippen LogP contribution >= 0.6 is 7.82 Å². The van der Waals surface area contributed by atoms with Crippen LogP contribution in [0.25, 0.3) is 0 Å². The van der Waals surface area contributed by atoms with Crippen molar-refractivity contribution in [1.82, 2.24) is 0 Å². The third kappa shape index (κ3) is 41.3. The Morgan fingerprint density at radius 2 is 1.02 bits per heavy atom. The smallest absolute Gasteiger partial charge is 0.462 e. The van der Waals surface area contributed by atoms with Crippen molar-refractivity contribution >= 4 is 19.8 Å². The van der Waals surface area contributed by atoms with Crippen LogP contribution in [0.15, 0.2) is 85.1 Å². The second-order valence-corrected chi connectivity index (χ2v) is 15.7. The Morgan fingerprint density at radius 1 is 0.569 bits per heavy atom. The fraction of sp³-hybridized carbons (Fsp3) is 0.652. The molecule has 0 spiro atoms. The summed E-state index contributed by atoms with van der Waals surface area (Å²) in [6, 6.07) is 0. The lowest BCUT2D eigenvalue weighted by Crippen LogP contribution is -2.29. The van der Waals surface area contributed by atoms with Gasteiger partial charge in [0, 0.05) is 12.8 Å². The number of rotatable bonds is 39. The maximum atomic E-state index is 12.6. The number of allylic oxidation sites excluding steroid dienone is 14. The summed E-state index contributed by atoms with van der Waals surface area (Å²) < 4.78 is 32.6. The van der Waals surface area contributed by atoms with Crippen LogP contribution in [0, 0.1) is 0 Å². The second-order valence-electron chi connectivity index (χ2n) is 14.3. The summed E-state index contributed by atoms with van der Waals surface area (Å²) in [4.78, 5) is 35.0. The maximum absolute atomic E-state index is 12.6. The number of phosphoric acid groups is 1. The lowest BCUT2D eigenvalue weighted by molar-refractivity contribution is -0.161. The van der Waals surface area contributed by atoms with E-state index in [4.69, 9.17) is 19.1 Å². The Morgan fingerprint density at radius 3 is 1.53 bits per heavy atom. The number of phosphoric ester groups is 1. The quantitative estimate of drug-likeness (QED) is 0.0201. The lowest BCUT2D eigenvalue weighted by atomic mass is 10.1. The summed E-state index contributed by atoms with van der Waals surface area (Å²) >= 11 is 0. The zero-order valence-electron chi connectivity index (χ0n) is 35.6. The fourth-order valence-electron chi connectivity index (χ4n) is 5.19. The number of ether oxygens (including phenoxy) is 2. The predicted octanol–water partition coefficient (Wildman–Crippen LogP) is 10.4. The highest BCUT2D eigenvalue weighted by Crippen LogP contribution is 2.43. The van der Waals surface area contributed by atoms with Crippen LogP contribution in [0.3, 0.4) is 0 Å². The van der Waals surface area contributed by atoms with Crippen LogP contribution in [0.4, 0.5) is 0 Å². The molecule has 0 aromatic heterocycles.